The molecule has 1 aromatic carbocycles. The van der Waals surface area contributed by atoms with E-state index in [9.17, 15) is 4.79 Å². The van der Waals surface area contributed by atoms with Crippen LogP contribution in [0.4, 0.5) is 5.82 Å². The van der Waals surface area contributed by atoms with Crippen molar-refractivity contribution in [3.05, 3.63) is 53.7 Å². The summed E-state index contributed by atoms with van der Waals surface area (Å²) in [5, 5.41) is 0. The molecule has 0 radical (unpaired) electrons. The van der Waals surface area contributed by atoms with Crippen LogP contribution in [0.15, 0.2) is 42.5 Å². The van der Waals surface area contributed by atoms with Gasteiger partial charge in [-0.3, -0.25) is 4.79 Å². The fourth-order valence-electron chi connectivity index (χ4n) is 2.60. The number of carbonyl (C=O) groups is 1. The van der Waals surface area contributed by atoms with Gasteiger partial charge in [-0.2, -0.15) is 0 Å². The second-order valence-corrected chi connectivity index (χ2v) is 5.33. The minimum Gasteiger partial charge on any atom is -0.497 e. The van der Waals surface area contributed by atoms with Crippen molar-refractivity contribution >= 4 is 11.7 Å². The van der Waals surface area contributed by atoms with Crippen molar-refractivity contribution in [3.63, 3.8) is 0 Å². The molecule has 0 unspecified atom stereocenters. The molecule has 0 bridgehead atoms. The van der Waals surface area contributed by atoms with Crippen LogP contribution in [0, 0.1) is 0 Å². The highest BCUT2D eigenvalue weighted by Gasteiger charge is 2.27. The predicted octanol–water partition coefficient (Wildman–Crippen LogP) is 1.89. The van der Waals surface area contributed by atoms with Gasteiger partial charge >= 0.3 is 0 Å². The second kappa shape index (κ2) is 6.66. The normalized spacial score (nSPS) is 17.8. The summed E-state index contributed by atoms with van der Waals surface area (Å²) in [4.78, 5) is 18.7. The molecule has 0 spiro atoms. The van der Waals surface area contributed by atoms with E-state index in [4.69, 9.17) is 15.2 Å². The van der Waals surface area contributed by atoms with Crippen LogP contribution in [-0.2, 0) is 4.74 Å². The van der Waals surface area contributed by atoms with Crippen molar-refractivity contribution in [3.8, 4) is 5.75 Å². The summed E-state index contributed by atoms with van der Waals surface area (Å²) in [5.41, 5.74) is 7.07. The lowest BCUT2D eigenvalue weighted by Crippen LogP contribution is -2.42. The second-order valence-electron chi connectivity index (χ2n) is 5.33. The predicted molar refractivity (Wildman–Crippen MR) is 86.2 cm³/mol. The van der Waals surface area contributed by atoms with Crippen LogP contribution in [0.2, 0.25) is 0 Å². The minimum absolute atomic E-state index is 0.0406. The molecule has 2 heterocycles. The maximum absolute atomic E-state index is 12.7. The number of rotatable bonds is 3. The molecule has 1 atom stereocenters. The molecule has 1 aromatic heterocycles. The van der Waals surface area contributed by atoms with Gasteiger partial charge in [-0.15, -0.1) is 0 Å². The van der Waals surface area contributed by atoms with E-state index in [0.717, 1.165) is 5.69 Å². The number of ether oxygens (including phenoxy) is 2. The van der Waals surface area contributed by atoms with E-state index in [1.54, 1.807) is 30.2 Å². The van der Waals surface area contributed by atoms with E-state index < -0.39 is 0 Å². The van der Waals surface area contributed by atoms with E-state index in [1.165, 1.54) is 0 Å². The Morgan fingerprint density at radius 2 is 2.17 bits per heavy atom. The minimum atomic E-state index is -0.262. The number of nitrogens with zero attached hydrogens (tertiary/aromatic N) is 2. The summed E-state index contributed by atoms with van der Waals surface area (Å²) in [6.45, 7) is 1.47. The standard InChI is InChI=1S/C17H19N3O3/c1-22-13-5-2-4-12(10-13)17(21)20-8-9-23-15(11-20)14-6-3-7-16(18)19-14/h2-7,10,15H,8-9,11H2,1H3,(H2,18,19)/t15-/m1/s1. The molecule has 23 heavy (non-hydrogen) atoms. The van der Waals surface area contributed by atoms with Crippen LogP contribution < -0.4 is 10.5 Å². The molecule has 2 aromatic rings. The van der Waals surface area contributed by atoms with Crippen molar-refractivity contribution in [2.75, 3.05) is 32.5 Å². The topological polar surface area (TPSA) is 77.7 Å². The molecule has 1 aliphatic heterocycles. The number of hydrogen-bond donors (Lipinski definition) is 1. The number of aromatic nitrogens is 1. The Labute approximate surface area is 134 Å². The van der Waals surface area contributed by atoms with E-state index in [2.05, 4.69) is 4.98 Å². The summed E-state index contributed by atoms with van der Waals surface area (Å²) < 4.78 is 10.9. The summed E-state index contributed by atoms with van der Waals surface area (Å²) in [6.07, 6.45) is -0.262. The lowest BCUT2D eigenvalue weighted by atomic mass is 10.1. The van der Waals surface area contributed by atoms with Gasteiger partial charge in [0.25, 0.3) is 5.91 Å². The lowest BCUT2D eigenvalue weighted by molar-refractivity contribution is -0.0246. The first-order valence-corrected chi connectivity index (χ1v) is 7.45. The van der Waals surface area contributed by atoms with Crippen LogP contribution in [-0.4, -0.2) is 42.6 Å². The van der Waals surface area contributed by atoms with Gasteiger partial charge in [0.05, 0.1) is 26.0 Å². The van der Waals surface area contributed by atoms with Gasteiger partial charge in [0.2, 0.25) is 0 Å². The molecular weight excluding hydrogens is 294 g/mol. The van der Waals surface area contributed by atoms with Gasteiger partial charge in [0.1, 0.15) is 17.7 Å². The Kier molecular flexibility index (Phi) is 4.43. The first-order chi connectivity index (χ1) is 11.2. The van der Waals surface area contributed by atoms with Crippen molar-refractivity contribution in [2.24, 2.45) is 0 Å². The smallest absolute Gasteiger partial charge is 0.254 e. The van der Waals surface area contributed by atoms with E-state index in [0.29, 0.717) is 36.8 Å². The Morgan fingerprint density at radius 3 is 2.96 bits per heavy atom. The summed E-state index contributed by atoms with van der Waals surface area (Å²) in [7, 11) is 1.58. The largest absolute Gasteiger partial charge is 0.497 e. The van der Waals surface area contributed by atoms with Gasteiger partial charge in [-0.05, 0) is 30.3 Å². The molecule has 1 amide bonds. The van der Waals surface area contributed by atoms with E-state index >= 15 is 0 Å². The van der Waals surface area contributed by atoms with Crippen LogP contribution in [0.5, 0.6) is 5.75 Å². The molecule has 6 heteroatoms. The number of anilines is 1. The van der Waals surface area contributed by atoms with Gasteiger partial charge < -0.3 is 20.1 Å². The zero-order valence-corrected chi connectivity index (χ0v) is 12.9. The molecule has 1 aliphatic rings. The number of hydrogen-bond acceptors (Lipinski definition) is 5. The van der Waals surface area contributed by atoms with Gasteiger partial charge in [0, 0.05) is 12.1 Å². The van der Waals surface area contributed by atoms with Crippen LogP contribution in [0.1, 0.15) is 22.2 Å². The number of nitrogens with two attached hydrogens (primary N) is 1. The number of carbonyl (C=O) groups excluding carboxylic acids is 1. The molecular formula is C17H19N3O3. The molecule has 120 valence electrons. The SMILES string of the molecule is COc1cccc(C(=O)N2CCO[C@@H](c3cccc(N)n3)C2)c1. The number of pyridine rings is 1. The average Bonchev–Trinajstić information content (AvgIpc) is 2.61. The van der Waals surface area contributed by atoms with Crippen molar-refractivity contribution in [1.29, 1.82) is 0 Å². The highest BCUT2D eigenvalue weighted by Crippen LogP contribution is 2.23. The van der Waals surface area contributed by atoms with Crippen LogP contribution in [0.25, 0.3) is 0 Å². The van der Waals surface area contributed by atoms with Gasteiger partial charge in [0.15, 0.2) is 0 Å². The first kappa shape index (κ1) is 15.3. The Balaban J connectivity index is 1.76. The summed E-state index contributed by atoms with van der Waals surface area (Å²) >= 11 is 0. The van der Waals surface area contributed by atoms with E-state index in [-0.39, 0.29) is 12.0 Å². The van der Waals surface area contributed by atoms with E-state index in [1.807, 2.05) is 24.3 Å². The molecule has 0 aliphatic carbocycles. The highest BCUT2D eigenvalue weighted by atomic mass is 16.5. The van der Waals surface area contributed by atoms with Crippen molar-refractivity contribution in [1.82, 2.24) is 9.88 Å². The number of nitrogen functional groups attached to an aromatic ring is 1. The number of morpholine rings is 1. The molecule has 6 nitrogen and oxygen atoms in total. The molecule has 3 rings (SSSR count). The zero-order chi connectivity index (χ0) is 16.2. The molecule has 1 fully saturated rings. The maximum Gasteiger partial charge on any atom is 0.254 e. The third-order valence-electron chi connectivity index (χ3n) is 3.79. The van der Waals surface area contributed by atoms with Crippen LogP contribution >= 0.6 is 0 Å². The van der Waals surface area contributed by atoms with Gasteiger partial charge in [-0.25, -0.2) is 4.98 Å². The Bertz CT molecular complexity index is 705. The highest BCUT2D eigenvalue weighted by molar-refractivity contribution is 5.94. The lowest BCUT2D eigenvalue weighted by Gasteiger charge is -2.32. The monoisotopic (exact) mass is 313 g/mol. The van der Waals surface area contributed by atoms with Crippen molar-refractivity contribution in [2.45, 2.75) is 6.10 Å². The average molecular weight is 313 g/mol. The Hall–Kier alpha value is -2.60. The van der Waals surface area contributed by atoms with Crippen molar-refractivity contribution < 1.29 is 14.3 Å². The summed E-state index contributed by atoms with van der Waals surface area (Å²) in [5.74, 6) is 1.07. The zero-order valence-electron chi connectivity index (χ0n) is 12.9. The quantitative estimate of drug-likeness (QED) is 0.936. The molecule has 2 N–H and O–H groups in total. The fourth-order valence-corrected chi connectivity index (χ4v) is 2.60. The first-order valence-electron chi connectivity index (χ1n) is 7.45. The summed E-state index contributed by atoms with van der Waals surface area (Å²) in [6, 6.07) is 12.6. The number of methoxy groups -OCH3 is 1. The molecule has 1 saturated heterocycles. The third-order valence-corrected chi connectivity index (χ3v) is 3.79. The third kappa shape index (κ3) is 3.43. The molecule has 0 saturated carbocycles. The number of benzene rings is 1. The Morgan fingerprint density at radius 1 is 1.35 bits per heavy atom. The van der Waals surface area contributed by atoms with Crippen LogP contribution in [0.3, 0.4) is 0 Å². The maximum atomic E-state index is 12.7. The fraction of sp³-hybridized carbons (Fsp3) is 0.294. The number of amides is 1. The van der Waals surface area contributed by atoms with Gasteiger partial charge in [-0.1, -0.05) is 12.1 Å².